The van der Waals surface area contributed by atoms with Crippen LogP contribution in [0.1, 0.15) is 0 Å². The maximum Gasteiger partial charge on any atom is 0.351 e. The van der Waals surface area contributed by atoms with Crippen LogP contribution in [0.5, 0.6) is 0 Å². The molecule has 1 aromatic heterocycles. The monoisotopic (exact) mass is 222 g/mol. The van der Waals surface area contributed by atoms with Gasteiger partial charge in [-0.15, -0.1) is 5.10 Å². The van der Waals surface area contributed by atoms with Crippen molar-refractivity contribution in [2.75, 3.05) is 12.4 Å². The Morgan fingerprint density at radius 3 is 2.50 bits per heavy atom. The van der Waals surface area contributed by atoms with Crippen LogP contribution in [-0.4, -0.2) is 21.4 Å². The summed E-state index contributed by atoms with van der Waals surface area (Å²) in [5, 5.41) is 6.80. The number of hydrogen-bond acceptors (Lipinski definition) is 3. The molecule has 6 heteroatoms. The summed E-state index contributed by atoms with van der Waals surface area (Å²) in [5.41, 5.74) is 0.291. The highest BCUT2D eigenvalue weighted by molar-refractivity contribution is 5.40. The van der Waals surface area contributed by atoms with Gasteiger partial charge in [0, 0.05) is 14.1 Å². The van der Waals surface area contributed by atoms with E-state index >= 15 is 0 Å². The Morgan fingerprint density at radius 1 is 1.31 bits per heavy atom. The summed E-state index contributed by atoms with van der Waals surface area (Å²) in [6.07, 6.45) is 0. The molecule has 0 aliphatic carbocycles. The lowest BCUT2D eigenvalue weighted by Crippen LogP contribution is -2.21. The average Bonchev–Trinajstić information content (AvgIpc) is 2.57. The molecule has 16 heavy (non-hydrogen) atoms. The Bertz CT molecular complexity index is 555. The van der Waals surface area contributed by atoms with E-state index in [1.54, 1.807) is 14.1 Å². The highest BCUT2D eigenvalue weighted by Gasteiger charge is 2.11. The van der Waals surface area contributed by atoms with Crippen molar-refractivity contribution in [1.29, 1.82) is 0 Å². The summed E-state index contributed by atoms with van der Waals surface area (Å²) in [6.45, 7) is 0. The van der Waals surface area contributed by atoms with Crippen LogP contribution < -0.4 is 11.0 Å². The Hall–Kier alpha value is -2.11. The Kier molecular flexibility index (Phi) is 2.47. The minimum Gasteiger partial charge on any atom is -0.357 e. The molecule has 0 aliphatic heterocycles. The van der Waals surface area contributed by atoms with Gasteiger partial charge < -0.3 is 5.32 Å². The quantitative estimate of drug-likeness (QED) is 0.815. The number of anilines is 1. The second kappa shape index (κ2) is 3.80. The Labute approximate surface area is 91.1 Å². The molecule has 1 N–H and O–H groups in total. The van der Waals surface area contributed by atoms with Crippen LogP contribution >= 0.6 is 0 Å². The largest absolute Gasteiger partial charge is 0.357 e. The Morgan fingerprint density at radius 2 is 1.94 bits per heavy atom. The number of aryl methyl sites for hydroxylation is 1. The van der Waals surface area contributed by atoms with Crippen LogP contribution in [0.15, 0.2) is 29.1 Å². The van der Waals surface area contributed by atoms with Crippen LogP contribution in [0.25, 0.3) is 5.69 Å². The molecule has 1 aromatic carbocycles. The fraction of sp³-hybridized carbons (Fsp3) is 0.200. The molecular weight excluding hydrogens is 211 g/mol. The molecule has 1 heterocycles. The molecule has 0 aliphatic rings. The van der Waals surface area contributed by atoms with Gasteiger partial charge in [0.05, 0.1) is 5.69 Å². The van der Waals surface area contributed by atoms with E-state index in [0.717, 1.165) is 0 Å². The van der Waals surface area contributed by atoms with Crippen molar-refractivity contribution in [2.24, 2.45) is 7.05 Å². The SMILES string of the molecule is CNc1nn(C)c(=O)n1-c1ccc(F)cc1. The maximum absolute atomic E-state index is 12.8. The number of halogens is 1. The second-order valence-corrected chi connectivity index (χ2v) is 3.29. The molecule has 0 bridgehead atoms. The van der Waals surface area contributed by atoms with E-state index in [1.165, 1.54) is 33.5 Å². The molecule has 0 unspecified atom stereocenters. The predicted molar refractivity (Wildman–Crippen MR) is 58.3 cm³/mol. The van der Waals surface area contributed by atoms with Gasteiger partial charge in [-0.1, -0.05) is 0 Å². The lowest BCUT2D eigenvalue weighted by molar-refractivity contribution is 0.627. The van der Waals surface area contributed by atoms with E-state index in [9.17, 15) is 9.18 Å². The fourth-order valence-corrected chi connectivity index (χ4v) is 1.45. The van der Waals surface area contributed by atoms with Gasteiger partial charge in [0.2, 0.25) is 5.95 Å². The molecule has 0 fully saturated rings. The van der Waals surface area contributed by atoms with Gasteiger partial charge >= 0.3 is 5.69 Å². The number of benzene rings is 1. The van der Waals surface area contributed by atoms with Gasteiger partial charge in [-0.3, -0.25) is 0 Å². The highest BCUT2D eigenvalue weighted by Crippen LogP contribution is 2.11. The van der Waals surface area contributed by atoms with Gasteiger partial charge in [0.15, 0.2) is 0 Å². The number of hydrogen-bond donors (Lipinski definition) is 1. The van der Waals surface area contributed by atoms with Crippen molar-refractivity contribution < 1.29 is 4.39 Å². The minimum absolute atomic E-state index is 0.282. The molecule has 0 saturated heterocycles. The van der Waals surface area contributed by atoms with Crippen molar-refractivity contribution in [2.45, 2.75) is 0 Å². The van der Waals surface area contributed by atoms with Crippen LogP contribution in [-0.2, 0) is 7.05 Å². The molecule has 0 radical (unpaired) electrons. The molecule has 2 rings (SSSR count). The average molecular weight is 222 g/mol. The normalized spacial score (nSPS) is 10.4. The van der Waals surface area contributed by atoms with Gasteiger partial charge in [-0.25, -0.2) is 18.4 Å². The number of rotatable bonds is 2. The van der Waals surface area contributed by atoms with Crippen LogP contribution in [0, 0.1) is 5.82 Å². The third kappa shape index (κ3) is 1.58. The van der Waals surface area contributed by atoms with Crippen molar-refractivity contribution in [1.82, 2.24) is 14.3 Å². The zero-order valence-corrected chi connectivity index (χ0v) is 8.94. The van der Waals surface area contributed by atoms with E-state index in [-0.39, 0.29) is 11.5 Å². The van der Waals surface area contributed by atoms with Crippen LogP contribution in [0.4, 0.5) is 10.3 Å². The van der Waals surface area contributed by atoms with E-state index in [1.807, 2.05) is 0 Å². The van der Waals surface area contributed by atoms with E-state index in [0.29, 0.717) is 11.6 Å². The zero-order chi connectivity index (χ0) is 11.7. The van der Waals surface area contributed by atoms with Crippen LogP contribution in [0.2, 0.25) is 0 Å². The third-order valence-corrected chi connectivity index (χ3v) is 2.23. The summed E-state index contributed by atoms with van der Waals surface area (Å²) < 4.78 is 15.4. The first kappa shape index (κ1) is 10.4. The lowest BCUT2D eigenvalue weighted by atomic mass is 10.3. The van der Waals surface area contributed by atoms with Crippen molar-refractivity contribution in [3.63, 3.8) is 0 Å². The Balaban J connectivity index is 2.63. The van der Waals surface area contributed by atoms with E-state index in [2.05, 4.69) is 10.4 Å². The smallest absolute Gasteiger partial charge is 0.351 e. The van der Waals surface area contributed by atoms with Gasteiger partial charge in [0.25, 0.3) is 0 Å². The molecule has 0 amide bonds. The predicted octanol–water partition coefficient (Wildman–Crippen LogP) is 0.752. The van der Waals surface area contributed by atoms with Gasteiger partial charge in [-0.05, 0) is 24.3 Å². The first-order chi connectivity index (χ1) is 7.63. The van der Waals surface area contributed by atoms with Crippen molar-refractivity contribution >= 4 is 5.95 Å². The van der Waals surface area contributed by atoms with Gasteiger partial charge in [0.1, 0.15) is 5.82 Å². The maximum atomic E-state index is 12.8. The highest BCUT2D eigenvalue weighted by atomic mass is 19.1. The van der Waals surface area contributed by atoms with Crippen LogP contribution in [0.3, 0.4) is 0 Å². The summed E-state index contributed by atoms with van der Waals surface area (Å²) in [4.78, 5) is 11.8. The first-order valence-corrected chi connectivity index (χ1v) is 4.73. The summed E-state index contributed by atoms with van der Waals surface area (Å²) in [7, 11) is 3.23. The van der Waals surface area contributed by atoms with E-state index < -0.39 is 0 Å². The lowest BCUT2D eigenvalue weighted by Gasteiger charge is -2.03. The summed E-state index contributed by atoms with van der Waals surface area (Å²) in [6, 6.07) is 5.65. The topological polar surface area (TPSA) is 51.9 Å². The molecule has 0 spiro atoms. The first-order valence-electron chi connectivity index (χ1n) is 4.73. The standard InChI is InChI=1S/C10H11FN4O/c1-12-9-13-14(2)10(16)15(9)8-5-3-7(11)4-6-8/h3-6H,1-2H3,(H,12,13). The number of nitrogens with one attached hydrogen (secondary N) is 1. The summed E-state index contributed by atoms with van der Waals surface area (Å²) in [5.74, 6) is 0.0748. The second-order valence-electron chi connectivity index (χ2n) is 3.29. The van der Waals surface area contributed by atoms with E-state index in [4.69, 9.17) is 0 Å². The zero-order valence-electron chi connectivity index (χ0n) is 8.94. The third-order valence-electron chi connectivity index (χ3n) is 2.23. The molecule has 84 valence electrons. The van der Waals surface area contributed by atoms with Gasteiger partial charge in [-0.2, -0.15) is 0 Å². The number of aromatic nitrogens is 3. The van der Waals surface area contributed by atoms with Crippen molar-refractivity contribution in [3.8, 4) is 5.69 Å². The van der Waals surface area contributed by atoms with Crippen molar-refractivity contribution in [3.05, 3.63) is 40.6 Å². The number of nitrogens with zero attached hydrogens (tertiary/aromatic N) is 3. The fourth-order valence-electron chi connectivity index (χ4n) is 1.45. The molecule has 2 aromatic rings. The molecule has 0 atom stereocenters. The summed E-state index contributed by atoms with van der Waals surface area (Å²) >= 11 is 0. The minimum atomic E-state index is -0.341. The molecular formula is C10H11FN4O. The molecule has 0 saturated carbocycles. The molecule has 5 nitrogen and oxygen atoms in total.